The van der Waals surface area contributed by atoms with Crippen molar-refractivity contribution in [1.29, 1.82) is 5.26 Å². The van der Waals surface area contributed by atoms with E-state index in [1.165, 1.54) is 5.69 Å². The first-order valence-corrected chi connectivity index (χ1v) is 10.1. The van der Waals surface area contributed by atoms with Crippen LogP contribution in [0.15, 0.2) is 36.4 Å². The summed E-state index contributed by atoms with van der Waals surface area (Å²) in [5, 5.41) is 22.4. The van der Waals surface area contributed by atoms with Crippen LogP contribution in [0.2, 0.25) is 0 Å². The largest absolute Gasteiger partial charge is 0.508 e. The lowest BCUT2D eigenvalue weighted by molar-refractivity contribution is 0.0933. The highest BCUT2D eigenvalue weighted by molar-refractivity contribution is 5.94. The number of nitrogens with zero attached hydrogens (tertiary/aromatic N) is 3. The van der Waals surface area contributed by atoms with Crippen LogP contribution >= 0.6 is 0 Å². The summed E-state index contributed by atoms with van der Waals surface area (Å²) in [6, 6.07) is 12.6. The van der Waals surface area contributed by atoms with Gasteiger partial charge in [-0.3, -0.25) is 4.79 Å². The van der Waals surface area contributed by atoms with E-state index in [1.54, 1.807) is 24.3 Å². The second-order valence-corrected chi connectivity index (χ2v) is 7.95. The molecule has 1 aliphatic heterocycles. The molecule has 1 heterocycles. The van der Waals surface area contributed by atoms with Crippen LogP contribution in [-0.4, -0.2) is 55.2 Å². The highest BCUT2D eigenvalue weighted by Crippen LogP contribution is 2.36. The Bertz CT molecular complexity index is 941. The van der Waals surface area contributed by atoms with Crippen LogP contribution in [0.3, 0.4) is 0 Å². The molecule has 0 radical (unpaired) electrons. The highest BCUT2D eigenvalue weighted by Gasteiger charge is 2.27. The van der Waals surface area contributed by atoms with Crippen molar-refractivity contribution in [3.63, 3.8) is 0 Å². The fourth-order valence-corrected chi connectivity index (χ4v) is 4.27. The highest BCUT2D eigenvalue weighted by atomic mass is 16.3. The van der Waals surface area contributed by atoms with Crippen molar-refractivity contribution in [2.45, 2.75) is 25.3 Å². The lowest BCUT2D eigenvalue weighted by Crippen LogP contribution is -2.45. The van der Waals surface area contributed by atoms with E-state index < -0.39 is 0 Å². The summed E-state index contributed by atoms with van der Waals surface area (Å²) in [5.41, 5.74) is 4.46. The first kappa shape index (κ1) is 19.3. The number of carbonyl (C=O) groups is 1. The molecule has 1 fully saturated rings. The third kappa shape index (κ3) is 4.06. The Morgan fingerprint density at radius 1 is 1.10 bits per heavy atom. The molecule has 0 aromatic heterocycles. The van der Waals surface area contributed by atoms with E-state index in [-0.39, 0.29) is 11.9 Å². The first-order valence-electron chi connectivity index (χ1n) is 10.1. The van der Waals surface area contributed by atoms with E-state index in [9.17, 15) is 9.90 Å². The molecule has 1 saturated heterocycles. The Labute approximate surface area is 171 Å². The number of rotatable bonds is 3. The number of benzene rings is 2. The third-order valence-corrected chi connectivity index (χ3v) is 6.03. The van der Waals surface area contributed by atoms with Gasteiger partial charge in [0.2, 0.25) is 0 Å². The molecule has 150 valence electrons. The van der Waals surface area contributed by atoms with E-state index >= 15 is 0 Å². The molecule has 1 aliphatic carbocycles. The zero-order valence-corrected chi connectivity index (χ0v) is 16.7. The summed E-state index contributed by atoms with van der Waals surface area (Å²) < 4.78 is 0. The summed E-state index contributed by atoms with van der Waals surface area (Å²) >= 11 is 0. The molecule has 0 spiro atoms. The average molecular weight is 390 g/mol. The molecule has 2 aliphatic rings. The number of carbonyl (C=O) groups excluding carboxylic acids is 1. The number of hydrogen-bond acceptors (Lipinski definition) is 5. The standard InChI is InChI=1S/C23H26N4O2/c1-26-10-12-27(13-11-26)21-8-9-22(28)19-7-6-18(14-20(19)21)25-23(29)17-4-2-16(15-24)3-5-17/h2-5,8-9,18,28H,6-7,10-14H2,1H3,(H,25,29). The van der Waals surface area contributed by atoms with Crippen molar-refractivity contribution in [1.82, 2.24) is 10.2 Å². The number of nitrogens with one attached hydrogen (secondary N) is 1. The molecule has 2 N–H and O–H groups in total. The summed E-state index contributed by atoms with van der Waals surface area (Å²) in [4.78, 5) is 17.4. The topological polar surface area (TPSA) is 79.6 Å². The Morgan fingerprint density at radius 3 is 2.52 bits per heavy atom. The molecule has 29 heavy (non-hydrogen) atoms. The Balaban J connectivity index is 1.51. The van der Waals surface area contributed by atoms with Gasteiger partial charge in [-0.2, -0.15) is 5.26 Å². The van der Waals surface area contributed by atoms with Crippen LogP contribution in [0.1, 0.15) is 33.5 Å². The van der Waals surface area contributed by atoms with Crippen LogP contribution < -0.4 is 10.2 Å². The zero-order valence-electron chi connectivity index (χ0n) is 16.7. The minimum absolute atomic E-state index is 0.0265. The summed E-state index contributed by atoms with van der Waals surface area (Å²) in [6.07, 6.45) is 2.27. The van der Waals surface area contributed by atoms with Gasteiger partial charge in [0.25, 0.3) is 5.91 Å². The van der Waals surface area contributed by atoms with E-state index in [4.69, 9.17) is 5.26 Å². The van der Waals surface area contributed by atoms with Crippen LogP contribution in [0, 0.1) is 11.3 Å². The van der Waals surface area contributed by atoms with Gasteiger partial charge >= 0.3 is 0 Å². The van der Waals surface area contributed by atoms with E-state index in [0.29, 0.717) is 23.3 Å². The first-order chi connectivity index (χ1) is 14.0. The minimum atomic E-state index is -0.121. The van der Waals surface area contributed by atoms with Crippen LogP contribution in [-0.2, 0) is 12.8 Å². The number of amides is 1. The lowest BCUT2D eigenvalue weighted by Gasteiger charge is -2.37. The lowest BCUT2D eigenvalue weighted by atomic mass is 9.86. The maximum absolute atomic E-state index is 12.7. The molecular weight excluding hydrogens is 364 g/mol. The second-order valence-electron chi connectivity index (χ2n) is 7.95. The van der Waals surface area contributed by atoms with Gasteiger partial charge in [0, 0.05) is 43.5 Å². The van der Waals surface area contributed by atoms with Crippen LogP contribution in [0.25, 0.3) is 0 Å². The zero-order chi connectivity index (χ0) is 20.4. The number of fused-ring (bicyclic) bond motifs is 1. The molecule has 6 nitrogen and oxygen atoms in total. The van der Waals surface area contributed by atoms with Gasteiger partial charge < -0.3 is 20.2 Å². The molecule has 6 heteroatoms. The Kier molecular flexibility index (Phi) is 5.41. The summed E-state index contributed by atoms with van der Waals surface area (Å²) in [5.74, 6) is 0.235. The van der Waals surface area contributed by atoms with E-state index in [1.807, 2.05) is 12.1 Å². The number of phenols is 1. The smallest absolute Gasteiger partial charge is 0.251 e. The van der Waals surface area contributed by atoms with Gasteiger partial charge in [0.15, 0.2) is 0 Å². The van der Waals surface area contributed by atoms with Gasteiger partial charge in [-0.05, 0) is 73.8 Å². The van der Waals surface area contributed by atoms with Crippen molar-refractivity contribution in [3.05, 3.63) is 58.7 Å². The molecule has 1 amide bonds. The average Bonchev–Trinajstić information content (AvgIpc) is 2.75. The number of phenolic OH excluding ortho intramolecular Hbond substituents is 1. The predicted molar refractivity (Wildman–Crippen MR) is 112 cm³/mol. The summed E-state index contributed by atoms with van der Waals surface area (Å²) in [7, 11) is 2.14. The van der Waals surface area contributed by atoms with E-state index in [0.717, 1.165) is 50.1 Å². The molecule has 1 unspecified atom stereocenters. The maximum atomic E-state index is 12.7. The number of anilines is 1. The van der Waals surface area contributed by atoms with Crippen LogP contribution in [0.5, 0.6) is 5.75 Å². The number of hydrogen-bond donors (Lipinski definition) is 2. The van der Waals surface area contributed by atoms with Crippen molar-refractivity contribution in [3.8, 4) is 11.8 Å². The van der Waals surface area contributed by atoms with Crippen molar-refractivity contribution in [2.75, 3.05) is 38.1 Å². The van der Waals surface area contributed by atoms with Gasteiger partial charge in [-0.25, -0.2) is 0 Å². The maximum Gasteiger partial charge on any atom is 0.251 e. The number of likely N-dealkylation sites (N-methyl/N-ethyl adjacent to an activating group) is 1. The molecule has 2 aromatic carbocycles. The Hall–Kier alpha value is -3.04. The molecule has 1 atom stereocenters. The third-order valence-electron chi connectivity index (χ3n) is 6.03. The molecular formula is C23H26N4O2. The van der Waals surface area contributed by atoms with Gasteiger partial charge in [0.05, 0.1) is 11.6 Å². The fourth-order valence-electron chi connectivity index (χ4n) is 4.27. The fraction of sp³-hybridized carbons (Fsp3) is 0.391. The number of aromatic hydroxyl groups is 1. The minimum Gasteiger partial charge on any atom is -0.508 e. The number of piperazine rings is 1. The second kappa shape index (κ2) is 8.14. The SMILES string of the molecule is CN1CCN(c2ccc(O)c3c2CC(NC(=O)c2ccc(C#N)cc2)CC3)CC1. The molecule has 0 saturated carbocycles. The monoisotopic (exact) mass is 390 g/mol. The van der Waals surface area contributed by atoms with E-state index in [2.05, 4.69) is 28.2 Å². The Morgan fingerprint density at radius 2 is 1.83 bits per heavy atom. The molecule has 2 aromatic rings. The van der Waals surface area contributed by atoms with Crippen molar-refractivity contribution < 1.29 is 9.90 Å². The number of nitriles is 1. The summed E-state index contributed by atoms with van der Waals surface area (Å²) in [6.45, 7) is 3.98. The van der Waals surface area contributed by atoms with Crippen molar-refractivity contribution in [2.24, 2.45) is 0 Å². The van der Waals surface area contributed by atoms with Crippen molar-refractivity contribution >= 4 is 11.6 Å². The molecule has 4 rings (SSSR count). The van der Waals surface area contributed by atoms with Gasteiger partial charge in [-0.15, -0.1) is 0 Å². The van der Waals surface area contributed by atoms with Gasteiger partial charge in [-0.1, -0.05) is 0 Å². The van der Waals surface area contributed by atoms with Gasteiger partial charge in [0.1, 0.15) is 5.75 Å². The molecule has 0 bridgehead atoms. The quantitative estimate of drug-likeness (QED) is 0.841. The van der Waals surface area contributed by atoms with Crippen LogP contribution in [0.4, 0.5) is 5.69 Å². The predicted octanol–water partition coefficient (Wildman–Crippen LogP) is 2.30. The normalized spacial score (nSPS) is 19.3.